The molecule has 0 saturated carbocycles. The predicted molar refractivity (Wildman–Crippen MR) is 201 cm³/mol. The number of hydrogen-bond donors (Lipinski definition) is 2. The Morgan fingerprint density at radius 1 is 0.885 bits per heavy atom. The van der Waals surface area contributed by atoms with Crippen molar-refractivity contribution in [3.8, 4) is 5.75 Å². The van der Waals surface area contributed by atoms with Gasteiger partial charge in [-0.2, -0.15) is 0 Å². The van der Waals surface area contributed by atoms with Crippen LogP contribution in [0.25, 0.3) is 0 Å². The van der Waals surface area contributed by atoms with Crippen LogP contribution in [-0.4, -0.2) is 68.8 Å². The zero-order valence-electron chi connectivity index (χ0n) is 33.6. The van der Waals surface area contributed by atoms with Gasteiger partial charge in [-0.05, 0) is 105 Å². The van der Waals surface area contributed by atoms with Crippen LogP contribution in [0.2, 0.25) is 0 Å². The highest BCUT2D eigenvalue weighted by Crippen LogP contribution is 2.47. The molecule has 0 spiro atoms. The molecule has 2 unspecified atom stereocenters. The number of nitrogens with one attached hydrogen (secondary N) is 1. The number of nitrogens with zero attached hydrogens (tertiary/aromatic N) is 2. The lowest BCUT2D eigenvalue weighted by atomic mass is 9.69. The van der Waals surface area contributed by atoms with Crippen LogP contribution in [0.1, 0.15) is 139 Å². The number of ether oxygens (including phenoxy) is 4. The average Bonchev–Trinajstić information content (AvgIpc) is 3.07. The number of benzene rings is 1. The summed E-state index contributed by atoms with van der Waals surface area (Å²) < 4.78 is 23.4. The molecule has 2 N–H and O–H groups in total. The van der Waals surface area contributed by atoms with Crippen molar-refractivity contribution in [1.82, 2.24) is 4.91 Å². The molecule has 0 radical (unpaired) electrons. The molecule has 11 heteroatoms. The Kier molecular flexibility index (Phi) is 20.1. The highest BCUT2D eigenvalue weighted by Gasteiger charge is 2.42. The molecule has 0 amide bonds. The molecule has 2 rings (SSSR count). The van der Waals surface area contributed by atoms with Crippen LogP contribution in [0.15, 0.2) is 5.11 Å². The maximum absolute atomic E-state index is 13.0. The largest absolute Gasteiger partial charge is 0.549 e. The molecule has 0 fully saturated rings. The van der Waals surface area contributed by atoms with Gasteiger partial charge >= 0.3 is 5.97 Å². The van der Waals surface area contributed by atoms with E-state index in [1.807, 2.05) is 20.8 Å². The fraction of sp³-hybridized carbons (Fsp3) is 0.805. The second-order valence-corrected chi connectivity index (χ2v) is 16.0. The average molecular weight is 732 g/mol. The maximum atomic E-state index is 13.0. The van der Waals surface area contributed by atoms with Gasteiger partial charge in [-0.1, -0.05) is 72.6 Å². The quantitative estimate of drug-likeness (QED) is 0.0506. The van der Waals surface area contributed by atoms with E-state index in [2.05, 4.69) is 44.6 Å². The number of carbonyl (C=O) groups is 2. The Morgan fingerprint density at radius 3 is 2.00 bits per heavy atom. The van der Waals surface area contributed by atoms with E-state index < -0.39 is 23.8 Å². The molecular formula is C41H69N3O8. The van der Waals surface area contributed by atoms with E-state index >= 15 is 0 Å². The zero-order chi connectivity index (χ0) is 38.7. The Balaban J connectivity index is 2.03. The number of hydrogen-bond acceptors (Lipinski definition) is 9. The summed E-state index contributed by atoms with van der Waals surface area (Å²) in [7, 11) is 0. The molecule has 0 aliphatic carbocycles. The maximum Gasteiger partial charge on any atom is 0.304 e. The standard InChI is InChI=1S/C41H69N3O8/c1-29(2)12-9-13-30(3)14-10-15-31(4)16-11-18-40(8)19-17-35-34(7)37(32(5)33(6)38(35)52-40)41(39(47)48,28-36(45)46)20-22-49-24-26-51-27-25-50-23-21-43-44-42/h29-31,42H,9-28H2,1-8H3,(H-,45,46,47,48)/t30-,31-,40?,41?/m1/s1. The van der Waals surface area contributed by atoms with Crippen LogP contribution < -0.4 is 14.8 Å². The van der Waals surface area contributed by atoms with Gasteiger partial charge in [-0.3, -0.25) is 4.79 Å². The molecule has 1 heterocycles. The first-order valence-electron chi connectivity index (χ1n) is 19.7. The second-order valence-electron chi connectivity index (χ2n) is 16.0. The summed E-state index contributed by atoms with van der Waals surface area (Å²) in [5.74, 6) is 0.466. The highest BCUT2D eigenvalue weighted by molar-refractivity contribution is 5.87. The number of rotatable bonds is 28. The van der Waals surface area contributed by atoms with Crippen molar-refractivity contribution in [2.24, 2.45) is 22.9 Å². The van der Waals surface area contributed by atoms with E-state index in [9.17, 15) is 19.8 Å². The molecular weight excluding hydrogens is 662 g/mol. The first kappa shape index (κ1) is 45.3. The van der Waals surface area contributed by atoms with Crippen LogP contribution in [-0.2, 0) is 35.6 Å². The van der Waals surface area contributed by atoms with E-state index in [1.165, 1.54) is 44.9 Å². The number of fused-ring (bicyclic) bond motifs is 1. The Hall–Kier alpha value is -2.85. The van der Waals surface area contributed by atoms with Crippen molar-refractivity contribution in [1.29, 1.82) is 5.53 Å². The molecule has 1 aromatic rings. The third-order valence-corrected chi connectivity index (χ3v) is 11.1. The van der Waals surface area contributed by atoms with Crippen LogP contribution in [0, 0.1) is 44.1 Å². The Labute approximate surface area is 313 Å². The number of aliphatic carboxylic acids is 2. The van der Waals surface area contributed by atoms with Gasteiger partial charge in [-0.15, -0.1) is 0 Å². The van der Waals surface area contributed by atoms with Crippen molar-refractivity contribution >= 4 is 11.9 Å². The lowest BCUT2D eigenvalue weighted by Crippen LogP contribution is -2.49. The summed E-state index contributed by atoms with van der Waals surface area (Å²) >= 11 is 0. The minimum absolute atomic E-state index is 0.0264. The monoisotopic (exact) mass is 732 g/mol. The normalized spacial score (nSPS) is 17.9. The number of carbonyl (C=O) groups excluding carboxylic acids is 1. The Morgan fingerprint density at radius 2 is 1.44 bits per heavy atom. The first-order chi connectivity index (χ1) is 24.7. The van der Waals surface area contributed by atoms with Gasteiger partial charge in [0.25, 0.3) is 0 Å². The highest BCUT2D eigenvalue weighted by atomic mass is 16.5. The Bertz CT molecular complexity index is 1310. The van der Waals surface area contributed by atoms with Crippen LogP contribution in [0.3, 0.4) is 0 Å². The molecule has 1 aromatic carbocycles. The van der Waals surface area contributed by atoms with Gasteiger partial charge in [0.2, 0.25) is 4.91 Å². The summed E-state index contributed by atoms with van der Waals surface area (Å²) in [4.78, 5) is 28.1. The molecule has 52 heavy (non-hydrogen) atoms. The van der Waals surface area contributed by atoms with Gasteiger partial charge in [0.15, 0.2) is 0 Å². The van der Waals surface area contributed by atoms with Crippen molar-refractivity contribution in [3.05, 3.63) is 27.8 Å². The molecule has 0 bridgehead atoms. The summed E-state index contributed by atoms with van der Waals surface area (Å²) in [5, 5.41) is 26.4. The van der Waals surface area contributed by atoms with Gasteiger partial charge in [-0.25, -0.2) is 0 Å². The number of carboxylic acids is 2. The van der Waals surface area contributed by atoms with Crippen molar-refractivity contribution in [2.45, 2.75) is 150 Å². The van der Waals surface area contributed by atoms with Crippen LogP contribution in [0.4, 0.5) is 0 Å². The second kappa shape index (κ2) is 23.0. The predicted octanol–water partition coefficient (Wildman–Crippen LogP) is 7.59. The molecule has 1 aliphatic heterocycles. The molecule has 1 aliphatic rings. The number of carboxylic acid groups (broad SMARTS) is 2. The van der Waals surface area contributed by atoms with Gasteiger partial charge in [0, 0.05) is 12.0 Å². The fourth-order valence-corrected chi connectivity index (χ4v) is 7.79. The topological polar surface area (TPSA) is 165 Å². The van der Waals surface area contributed by atoms with Crippen molar-refractivity contribution < 1.29 is 38.7 Å². The minimum atomic E-state index is -1.77. The van der Waals surface area contributed by atoms with E-state index in [4.69, 9.17) is 24.5 Å². The lowest BCUT2D eigenvalue weighted by Gasteiger charge is -2.42. The summed E-state index contributed by atoms with van der Waals surface area (Å²) in [5.41, 5.74) is 8.34. The molecule has 4 atom stereocenters. The first-order valence-corrected chi connectivity index (χ1v) is 19.7. The van der Waals surface area contributed by atoms with E-state index in [-0.39, 0.29) is 31.8 Å². The van der Waals surface area contributed by atoms with Gasteiger partial charge in [0.05, 0.1) is 45.4 Å². The van der Waals surface area contributed by atoms with E-state index in [0.29, 0.717) is 37.8 Å². The van der Waals surface area contributed by atoms with Crippen molar-refractivity contribution in [3.63, 3.8) is 0 Å². The zero-order valence-corrected chi connectivity index (χ0v) is 33.6. The van der Waals surface area contributed by atoms with E-state index in [0.717, 1.165) is 65.5 Å². The molecule has 11 nitrogen and oxygen atoms in total. The van der Waals surface area contributed by atoms with Gasteiger partial charge in [0.1, 0.15) is 28.5 Å². The fourth-order valence-electron chi connectivity index (χ4n) is 7.79. The summed E-state index contributed by atoms with van der Waals surface area (Å²) in [6.45, 7) is 19.2. The van der Waals surface area contributed by atoms with E-state index in [1.54, 1.807) is 0 Å². The van der Waals surface area contributed by atoms with Crippen molar-refractivity contribution in [2.75, 3.05) is 46.2 Å². The summed E-state index contributed by atoms with van der Waals surface area (Å²) in [6, 6.07) is 0. The third-order valence-electron chi connectivity index (χ3n) is 11.1. The lowest BCUT2D eigenvalue weighted by molar-refractivity contribution is -0.315. The minimum Gasteiger partial charge on any atom is -0.549 e. The van der Waals surface area contributed by atoms with Gasteiger partial charge < -0.3 is 34.0 Å². The molecule has 0 aromatic heterocycles. The molecule has 0 saturated heterocycles. The molecule has 296 valence electrons. The summed E-state index contributed by atoms with van der Waals surface area (Å²) in [6.07, 6.45) is 12.0. The smallest absolute Gasteiger partial charge is 0.304 e. The van der Waals surface area contributed by atoms with Crippen LogP contribution in [0.5, 0.6) is 5.75 Å². The SMILES string of the molecule is Cc1c(C)c(C(CCOCCOCCOCCN=[N+]=N)(CC(=O)O)C(=O)[O-])c(C)c2c1OC(C)(CCC[C@H](C)CCC[C@H](C)CCCC(C)C)CC2. The third kappa shape index (κ3) is 14.5. The van der Waals surface area contributed by atoms with Crippen LogP contribution >= 0.6 is 0 Å².